The van der Waals surface area contributed by atoms with E-state index in [2.05, 4.69) is 38.9 Å². The van der Waals surface area contributed by atoms with E-state index in [1.165, 1.54) is 0 Å². The summed E-state index contributed by atoms with van der Waals surface area (Å²) in [6.07, 6.45) is 4.72. The zero-order chi connectivity index (χ0) is 16.8. The quantitative estimate of drug-likeness (QED) is 0.721. The average Bonchev–Trinajstić information content (AvgIpc) is 2.58. The molecule has 0 aliphatic carbocycles. The van der Waals surface area contributed by atoms with Gasteiger partial charge in [-0.2, -0.15) is 5.10 Å². The molecule has 3 nitrogen and oxygen atoms in total. The molecule has 0 saturated heterocycles. The van der Waals surface area contributed by atoms with Crippen molar-refractivity contribution in [3.8, 4) is 0 Å². The summed E-state index contributed by atoms with van der Waals surface area (Å²) in [6.45, 7) is 17.0. The second-order valence-electron chi connectivity index (χ2n) is 5.60. The van der Waals surface area contributed by atoms with Gasteiger partial charge in [-0.05, 0) is 18.6 Å². The second kappa shape index (κ2) is 7.63. The molecule has 0 radical (unpaired) electrons. The molecule has 23 heavy (non-hydrogen) atoms. The average molecular weight is 307 g/mol. The van der Waals surface area contributed by atoms with Gasteiger partial charge >= 0.3 is 0 Å². The van der Waals surface area contributed by atoms with Crippen LogP contribution in [0.5, 0.6) is 0 Å². The van der Waals surface area contributed by atoms with Crippen LogP contribution in [0.1, 0.15) is 20.3 Å². The number of nitrogens with zero attached hydrogens (tertiary/aromatic N) is 2. The van der Waals surface area contributed by atoms with Crippen LogP contribution in [0.2, 0.25) is 0 Å². The lowest BCUT2D eigenvalue weighted by Crippen LogP contribution is -2.31. The van der Waals surface area contributed by atoms with Crippen molar-refractivity contribution in [2.45, 2.75) is 20.3 Å². The molecule has 3 heteroatoms. The van der Waals surface area contributed by atoms with Gasteiger partial charge in [0.15, 0.2) is 0 Å². The van der Waals surface area contributed by atoms with Gasteiger partial charge in [0.2, 0.25) is 0 Å². The van der Waals surface area contributed by atoms with Gasteiger partial charge in [0.05, 0.1) is 23.7 Å². The van der Waals surface area contributed by atoms with E-state index in [4.69, 9.17) is 5.10 Å². The van der Waals surface area contributed by atoms with Gasteiger partial charge in [-0.1, -0.05) is 57.4 Å². The normalized spacial score (nSPS) is 16.0. The Morgan fingerprint density at radius 1 is 1.26 bits per heavy atom. The molecular weight excluding hydrogens is 282 g/mol. The number of benzene rings is 1. The van der Waals surface area contributed by atoms with Gasteiger partial charge in [0.1, 0.15) is 0 Å². The Kier molecular flexibility index (Phi) is 5.58. The van der Waals surface area contributed by atoms with E-state index in [0.29, 0.717) is 12.5 Å². The van der Waals surface area contributed by atoms with Crippen molar-refractivity contribution in [3.63, 3.8) is 0 Å². The lowest BCUT2D eigenvalue weighted by atomic mass is 9.92. The molecule has 1 heterocycles. The summed E-state index contributed by atoms with van der Waals surface area (Å²) in [5.41, 5.74) is 4.87. The van der Waals surface area contributed by atoms with Crippen LogP contribution in [-0.4, -0.2) is 17.3 Å². The van der Waals surface area contributed by atoms with Crippen molar-refractivity contribution in [1.29, 1.82) is 0 Å². The van der Waals surface area contributed by atoms with E-state index in [9.17, 15) is 0 Å². The van der Waals surface area contributed by atoms with E-state index in [-0.39, 0.29) is 0 Å². The van der Waals surface area contributed by atoms with Crippen molar-refractivity contribution in [2.75, 3.05) is 11.9 Å². The molecular formula is C20H25N3. The Labute approximate surface area is 139 Å². The number of hydrogen-bond donors (Lipinski definition) is 1. The summed E-state index contributed by atoms with van der Waals surface area (Å²) < 4.78 is 0. The number of hydrazone groups is 1. The molecule has 1 aliphatic rings. The molecule has 0 aromatic heterocycles. The lowest BCUT2D eigenvalue weighted by Gasteiger charge is -2.32. The molecule has 1 N–H and O–H groups in total. The highest BCUT2D eigenvalue weighted by Gasteiger charge is 2.26. The first-order valence-electron chi connectivity index (χ1n) is 7.97. The van der Waals surface area contributed by atoms with Crippen molar-refractivity contribution in [2.24, 2.45) is 11.0 Å². The maximum absolute atomic E-state index is 4.78. The minimum atomic E-state index is 0.344. The third-order valence-corrected chi connectivity index (χ3v) is 4.00. The predicted molar refractivity (Wildman–Crippen MR) is 100 cm³/mol. The van der Waals surface area contributed by atoms with Gasteiger partial charge in [0.25, 0.3) is 0 Å². The van der Waals surface area contributed by atoms with Gasteiger partial charge in [-0.3, -0.25) is 5.01 Å². The van der Waals surface area contributed by atoms with Crippen LogP contribution in [0.15, 0.2) is 84.3 Å². The Hall–Kier alpha value is -2.55. The van der Waals surface area contributed by atoms with Crippen LogP contribution in [0.4, 0.5) is 5.69 Å². The first kappa shape index (κ1) is 16.8. The Bertz CT molecular complexity index is 653. The third kappa shape index (κ3) is 3.62. The van der Waals surface area contributed by atoms with E-state index < -0.39 is 0 Å². The standard InChI is InChI=1S/C20H25N3/c1-6-14-23-16(5)20(21-17-12-10-9-11-13-17)18(8-3)19(22-23)15(4)7-2/h6,8-13,15,21H,1,3,5,7,14H2,2,4H3. The largest absolute Gasteiger partial charge is 0.353 e. The molecule has 0 fully saturated rings. The highest BCUT2D eigenvalue weighted by Crippen LogP contribution is 2.29. The Balaban J connectivity index is 2.49. The molecule has 2 rings (SSSR count). The number of anilines is 1. The molecule has 0 bridgehead atoms. The summed E-state index contributed by atoms with van der Waals surface area (Å²) in [6, 6.07) is 10.1. The van der Waals surface area contributed by atoms with E-state index in [1.54, 1.807) is 0 Å². The van der Waals surface area contributed by atoms with E-state index in [0.717, 1.165) is 34.8 Å². The van der Waals surface area contributed by atoms with Crippen molar-refractivity contribution < 1.29 is 0 Å². The molecule has 0 spiro atoms. The highest BCUT2D eigenvalue weighted by molar-refractivity contribution is 6.06. The van der Waals surface area contributed by atoms with E-state index in [1.807, 2.05) is 47.5 Å². The smallest absolute Gasteiger partial charge is 0.0767 e. The van der Waals surface area contributed by atoms with Crippen LogP contribution in [0.25, 0.3) is 0 Å². The monoisotopic (exact) mass is 307 g/mol. The molecule has 120 valence electrons. The fourth-order valence-electron chi connectivity index (χ4n) is 2.50. The topological polar surface area (TPSA) is 27.6 Å². The maximum atomic E-state index is 4.78. The second-order valence-corrected chi connectivity index (χ2v) is 5.60. The first-order valence-corrected chi connectivity index (χ1v) is 7.97. The van der Waals surface area contributed by atoms with Gasteiger partial charge in [-0.25, -0.2) is 0 Å². The molecule has 0 saturated carbocycles. The molecule has 1 aliphatic heterocycles. The molecule has 1 aromatic carbocycles. The van der Waals surface area contributed by atoms with Crippen LogP contribution < -0.4 is 5.32 Å². The van der Waals surface area contributed by atoms with E-state index >= 15 is 0 Å². The molecule has 1 unspecified atom stereocenters. The van der Waals surface area contributed by atoms with Crippen molar-refractivity contribution in [1.82, 2.24) is 5.01 Å². The van der Waals surface area contributed by atoms with Gasteiger partial charge in [0, 0.05) is 17.2 Å². The number of rotatable bonds is 7. The number of nitrogens with one attached hydrogen (secondary N) is 1. The molecule has 1 atom stereocenters. The zero-order valence-electron chi connectivity index (χ0n) is 14.0. The maximum Gasteiger partial charge on any atom is 0.0767 e. The zero-order valence-corrected chi connectivity index (χ0v) is 14.0. The predicted octanol–water partition coefficient (Wildman–Crippen LogP) is 4.96. The van der Waals surface area contributed by atoms with Crippen LogP contribution >= 0.6 is 0 Å². The number of allylic oxidation sites excluding steroid dienone is 2. The summed E-state index contributed by atoms with van der Waals surface area (Å²) in [5.74, 6) is 0.344. The minimum Gasteiger partial charge on any atom is -0.353 e. The van der Waals surface area contributed by atoms with Crippen molar-refractivity contribution >= 4 is 11.4 Å². The fourth-order valence-corrected chi connectivity index (χ4v) is 2.50. The molecule has 0 amide bonds. The van der Waals surface area contributed by atoms with Gasteiger partial charge in [-0.15, -0.1) is 6.58 Å². The summed E-state index contributed by atoms with van der Waals surface area (Å²) in [5, 5.41) is 10.2. The van der Waals surface area contributed by atoms with Crippen molar-refractivity contribution in [3.05, 3.63) is 79.2 Å². The fraction of sp³-hybridized carbons (Fsp3) is 0.250. The van der Waals surface area contributed by atoms with Gasteiger partial charge < -0.3 is 5.32 Å². The summed E-state index contributed by atoms with van der Waals surface area (Å²) in [4.78, 5) is 0. The lowest BCUT2D eigenvalue weighted by molar-refractivity contribution is 0.404. The summed E-state index contributed by atoms with van der Waals surface area (Å²) >= 11 is 0. The molecule has 1 aromatic rings. The Morgan fingerprint density at radius 2 is 1.96 bits per heavy atom. The van der Waals surface area contributed by atoms with Crippen LogP contribution in [0, 0.1) is 5.92 Å². The third-order valence-electron chi connectivity index (χ3n) is 4.00. The minimum absolute atomic E-state index is 0.344. The highest BCUT2D eigenvalue weighted by atomic mass is 15.5. The van der Waals surface area contributed by atoms with Crippen LogP contribution in [0.3, 0.4) is 0 Å². The first-order chi connectivity index (χ1) is 11.1. The SMILES string of the molecule is C=CCN1N=C(C(C)CC)C(C=C)=C(Nc2ccccc2)C1=C. The summed E-state index contributed by atoms with van der Waals surface area (Å²) in [7, 11) is 0. The van der Waals surface area contributed by atoms with Crippen LogP contribution in [-0.2, 0) is 0 Å². The Morgan fingerprint density at radius 3 is 2.52 bits per heavy atom. The number of hydrogen-bond acceptors (Lipinski definition) is 3. The number of para-hydroxylation sites is 1.